The van der Waals surface area contributed by atoms with E-state index in [0.29, 0.717) is 6.07 Å². The van der Waals surface area contributed by atoms with Gasteiger partial charge in [-0.3, -0.25) is 0 Å². The van der Waals surface area contributed by atoms with Crippen molar-refractivity contribution in [2.24, 2.45) is 0 Å². The number of urea groups is 1. The first-order valence-electron chi connectivity index (χ1n) is 7.63. The lowest BCUT2D eigenvalue weighted by atomic mass is 10.3. The van der Waals surface area contributed by atoms with Gasteiger partial charge in [-0.25, -0.2) is 22.4 Å². The Morgan fingerprint density at radius 2 is 1.50 bits per heavy atom. The molecule has 2 aromatic rings. The molecular formula is C17H16F4N2O3. The Kier molecular flexibility index (Phi) is 7.07. The van der Waals surface area contributed by atoms with Crippen molar-refractivity contribution < 1.29 is 31.8 Å². The minimum absolute atomic E-state index is 0.0126. The molecule has 2 rings (SSSR count). The van der Waals surface area contributed by atoms with Crippen LogP contribution in [0.3, 0.4) is 0 Å². The van der Waals surface area contributed by atoms with Crippen LogP contribution in [0.4, 0.5) is 22.4 Å². The van der Waals surface area contributed by atoms with Gasteiger partial charge in [0.15, 0.2) is 23.2 Å². The predicted molar refractivity (Wildman–Crippen MR) is 85.1 cm³/mol. The smallest absolute Gasteiger partial charge is 0.315 e. The number of carbonyl (C=O) groups is 1. The standard InChI is InChI=1S/C17H16F4N2O3/c18-11-1-4-16(15(21)9-11)26-8-6-23-17(24)22-5-7-25-12-2-3-13(19)14(20)10-12/h1-4,9-10H,5-8H2,(H2,22,23,24). The molecule has 0 aliphatic carbocycles. The summed E-state index contributed by atoms with van der Waals surface area (Å²) in [5.74, 6) is -3.51. The van der Waals surface area contributed by atoms with Crippen LogP contribution in [0.2, 0.25) is 0 Å². The van der Waals surface area contributed by atoms with Crippen LogP contribution in [0.25, 0.3) is 0 Å². The van der Waals surface area contributed by atoms with Gasteiger partial charge < -0.3 is 20.1 Å². The number of ether oxygens (including phenoxy) is 2. The lowest BCUT2D eigenvalue weighted by molar-refractivity contribution is 0.231. The van der Waals surface area contributed by atoms with Crippen LogP contribution in [-0.2, 0) is 0 Å². The van der Waals surface area contributed by atoms with Crippen molar-refractivity contribution >= 4 is 6.03 Å². The maximum atomic E-state index is 13.3. The first-order valence-corrected chi connectivity index (χ1v) is 7.63. The Balaban J connectivity index is 1.58. The molecule has 0 atom stereocenters. The van der Waals surface area contributed by atoms with Crippen molar-refractivity contribution in [1.82, 2.24) is 10.6 Å². The molecule has 0 aliphatic rings. The zero-order valence-corrected chi connectivity index (χ0v) is 13.5. The Bertz CT molecular complexity index is 759. The highest BCUT2D eigenvalue weighted by Gasteiger charge is 2.06. The summed E-state index contributed by atoms with van der Waals surface area (Å²) in [6.45, 7) is 0.252. The maximum absolute atomic E-state index is 13.3. The van der Waals surface area contributed by atoms with Crippen molar-refractivity contribution in [3.8, 4) is 11.5 Å². The Morgan fingerprint density at radius 3 is 2.15 bits per heavy atom. The molecule has 9 heteroatoms. The van der Waals surface area contributed by atoms with E-state index >= 15 is 0 Å². The Hall–Kier alpha value is -2.97. The van der Waals surface area contributed by atoms with Gasteiger partial charge in [0, 0.05) is 12.1 Å². The number of amides is 2. The lowest BCUT2D eigenvalue weighted by Gasteiger charge is -2.10. The quantitative estimate of drug-likeness (QED) is 0.553. The summed E-state index contributed by atoms with van der Waals surface area (Å²) in [4.78, 5) is 11.5. The maximum Gasteiger partial charge on any atom is 0.315 e. The Labute approximate surface area is 146 Å². The van der Waals surface area contributed by atoms with Crippen molar-refractivity contribution in [1.29, 1.82) is 0 Å². The van der Waals surface area contributed by atoms with Crippen LogP contribution in [-0.4, -0.2) is 32.3 Å². The number of benzene rings is 2. The third-order valence-electron chi connectivity index (χ3n) is 3.09. The van der Waals surface area contributed by atoms with Gasteiger partial charge in [-0.15, -0.1) is 0 Å². The number of halogens is 4. The lowest BCUT2D eigenvalue weighted by Crippen LogP contribution is -2.39. The number of hydrogen-bond acceptors (Lipinski definition) is 3. The van der Waals surface area contributed by atoms with Gasteiger partial charge in [-0.1, -0.05) is 0 Å². The molecule has 0 saturated carbocycles. The zero-order chi connectivity index (χ0) is 18.9. The van der Waals surface area contributed by atoms with Crippen molar-refractivity contribution in [3.05, 3.63) is 59.7 Å². The van der Waals surface area contributed by atoms with E-state index < -0.39 is 29.3 Å². The molecule has 0 unspecified atom stereocenters. The highest BCUT2D eigenvalue weighted by Crippen LogP contribution is 2.17. The number of rotatable bonds is 8. The fraction of sp³-hybridized carbons (Fsp3) is 0.235. The van der Waals surface area contributed by atoms with E-state index in [2.05, 4.69) is 10.6 Å². The molecule has 0 bridgehead atoms. The van der Waals surface area contributed by atoms with Crippen molar-refractivity contribution in [2.75, 3.05) is 26.3 Å². The first-order chi connectivity index (χ1) is 12.5. The molecule has 26 heavy (non-hydrogen) atoms. The van der Waals surface area contributed by atoms with Gasteiger partial charge in [-0.2, -0.15) is 0 Å². The van der Waals surface area contributed by atoms with Gasteiger partial charge in [0.05, 0.1) is 13.1 Å². The van der Waals surface area contributed by atoms with E-state index in [1.165, 1.54) is 6.07 Å². The highest BCUT2D eigenvalue weighted by atomic mass is 19.2. The summed E-state index contributed by atoms with van der Waals surface area (Å²) < 4.78 is 62.0. The topological polar surface area (TPSA) is 59.6 Å². The summed E-state index contributed by atoms with van der Waals surface area (Å²) in [6.07, 6.45) is 0. The molecule has 5 nitrogen and oxygen atoms in total. The summed E-state index contributed by atoms with van der Waals surface area (Å²) in [5, 5.41) is 4.94. The zero-order valence-electron chi connectivity index (χ0n) is 13.5. The third-order valence-corrected chi connectivity index (χ3v) is 3.09. The fourth-order valence-electron chi connectivity index (χ4n) is 1.88. The first kappa shape index (κ1) is 19.4. The average Bonchev–Trinajstić information content (AvgIpc) is 2.60. The minimum Gasteiger partial charge on any atom is -0.492 e. The monoisotopic (exact) mass is 372 g/mol. The molecule has 0 radical (unpaired) electrons. The van der Waals surface area contributed by atoms with Crippen LogP contribution in [0.1, 0.15) is 0 Å². The van der Waals surface area contributed by atoms with Crippen molar-refractivity contribution in [2.45, 2.75) is 0 Å². The molecule has 0 aliphatic heterocycles. The number of nitrogens with one attached hydrogen (secondary N) is 2. The van der Waals surface area contributed by atoms with Gasteiger partial charge in [0.2, 0.25) is 0 Å². The molecule has 0 heterocycles. The molecule has 140 valence electrons. The molecule has 2 aromatic carbocycles. The van der Waals surface area contributed by atoms with E-state index in [9.17, 15) is 22.4 Å². The van der Waals surface area contributed by atoms with Crippen LogP contribution in [0.5, 0.6) is 11.5 Å². The highest BCUT2D eigenvalue weighted by molar-refractivity contribution is 5.73. The second-order valence-corrected chi connectivity index (χ2v) is 5.03. The molecular weight excluding hydrogens is 356 g/mol. The Morgan fingerprint density at radius 1 is 0.808 bits per heavy atom. The van der Waals surface area contributed by atoms with Gasteiger partial charge in [-0.05, 0) is 24.3 Å². The largest absolute Gasteiger partial charge is 0.492 e. The van der Waals surface area contributed by atoms with Gasteiger partial charge in [0.1, 0.15) is 24.8 Å². The van der Waals surface area contributed by atoms with E-state index in [1.54, 1.807) is 0 Å². The molecule has 0 aromatic heterocycles. The van der Waals surface area contributed by atoms with Crippen molar-refractivity contribution in [3.63, 3.8) is 0 Å². The second kappa shape index (κ2) is 9.50. The van der Waals surface area contributed by atoms with Crippen LogP contribution < -0.4 is 20.1 Å². The summed E-state index contributed by atoms with van der Waals surface area (Å²) in [7, 11) is 0. The summed E-state index contributed by atoms with van der Waals surface area (Å²) >= 11 is 0. The summed E-state index contributed by atoms with van der Waals surface area (Å²) in [6, 6.07) is 5.51. The molecule has 2 N–H and O–H groups in total. The van der Waals surface area contributed by atoms with Gasteiger partial charge in [0.25, 0.3) is 0 Å². The van der Waals surface area contributed by atoms with Crippen LogP contribution >= 0.6 is 0 Å². The number of carbonyl (C=O) groups excluding carboxylic acids is 1. The normalized spacial score (nSPS) is 10.3. The third kappa shape index (κ3) is 6.15. The average molecular weight is 372 g/mol. The van der Waals surface area contributed by atoms with Crippen LogP contribution in [0.15, 0.2) is 36.4 Å². The molecule has 0 spiro atoms. The molecule has 2 amide bonds. The summed E-state index contributed by atoms with van der Waals surface area (Å²) in [5.41, 5.74) is 0. The predicted octanol–water partition coefficient (Wildman–Crippen LogP) is 3.00. The fourth-order valence-corrected chi connectivity index (χ4v) is 1.88. The molecule has 0 saturated heterocycles. The van der Waals surface area contributed by atoms with E-state index in [4.69, 9.17) is 9.47 Å². The SMILES string of the molecule is O=C(NCCOc1ccc(F)c(F)c1)NCCOc1ccc(F)cc1F. The second-order valence-electron chi connectivity index (χ2n) is 5.03. The number of hydrogen-bond donors (Lipinski definition) is 2. The van der Waals surface area contributed by atoms with Gasteiger partial charge >= 0.3 is 6.03 Å². The van der Waals surface area contributed by atoms with E-state index in [-0.39, 0.29) is 37.8 Å². The molecule has 0 fully saturated rings. The van der Waals surface area contributed by atoms with Crippen LogP contribution in [0, 0.1) is 23.3 Å². The van der Waals surface area contributed by atoms with E-state index in [1.807, 2.05) is 0 Å². The minimum atomic E-state index is -1.02. The van der Waals surface area contributed by atoms with E-state index in [0.717, 1.165) is 24.3 Å².